The van der Waals surface area contributed by atoms with Gasteiger partial charge in [0.2, 0.25) is 0 Å². The van der Waals surface area contributed by atoms with E-state index in [1.54, 1.807) is 31.2 Å². The number of pyridine rings is 1. The minimum atomic E-state index is -1.40. The number of halogens is 1. The first-order valence-electron chi connectivity index (χ1n) is 10.9. The van der Waals surface area contributed by atoms with Crippen LogP contribution in [-0.2, 0) is 9.53 Å². The lowest BCUT2D eigenvalue weighted by atomic mass is 9.92. The molecule has 32 heavy (non-hydrogen) atoms. The Labute approximate surface area is 186 Å². The Kier molecular flexibility index (Phi) is 6.63. The molecule has 0 radical (unpaired) electrons. The monoisotopic (exact) mass is 435 g/mol. The fraction of sp³-hybridized carbons (Fsp3) is 0.308. The molecule has 1 aromatic heterocycles. The molecule has 0 amide bonds. The van der Waals surface area contributed by atoms with Crippen molar-refractivity contribution in [2.24, 2.45) is 0 Å². The molecule has 3 aromatic rings. The average Bonchev–Trinajstić information content (AvgIpc) is 3.63. The van der Waals surface area contributed by atoms with Crippen molar-refractivity contribution in [1.29, 1.82) is 0 Å². The number of aliphatic hydroxyl groups is 2. The zero-order valence-corrected chi connectivity index (χ0v) is 17.9. The van der Waals surface area contributed by atoms with Gasteiger partial charge in [0, 0.05) is 28.9 Å². The van der Waals surface area contributed by atoms with E-state index in [-0.39, 0.29) is 18.8 Å². The van der Waals surface area contributed by atoms with E-state index in [2.05, 4.69) is 0 Å². The van der Waals surface area contributed by atoms with Crippen LogP contribution in [0.4, 0.5) is 4.39 Å². The van der Waals surface area contributed by atoms with Crippen LogP contribution >= 0.6 is 0 Å². The predicted octanol–water partition coefficient (Wildman–Crippen LogP) is 4.61. The summed E-state index contributed by atoms with van der Waals surface area (Å²) in [7, 11) is 0. The van der Waals surface area contributed by atoms with Crippen LogP contribution < -0.4 is 0 Å². The Bertz CT molecular complexity index is 1140. The van der Waals surface area contributed by atoms with E-state index in [0.717, 1.165) is 46.1 Å². The first-order valence-corrected chi connectivity index (χ1v) is 10.9. The van der Waals surface area contributed by atoms with Crippen LogP contribution in [0.1, 0.15) is 43.4 Å². The number of rotatable bonds is 8. The molecule has 1 aliphatic rings. The Hall–Kier alpha value is -3.09. The van der Waals surface area contributed by atoms with Gasteiger partial charge in [-0.15, -0.1) is 0 Å². The highest BCUT2D eigenvalue weighted by Gasteiger charge is 2.29. The van der Waals surface area contributed by atoms with Crippen LogP contribution in [-0.4, -0.2) is 40.0 Å². The second kappa shape index (κ2) is 9.59. The third kappa shape index (κ3) is 4.87. The van der Waals surface area contributed by atoms with Gasteiger partial charge in [0.15, 0.2) is 6.10 Å². The van der Waals surface area contributed by atoms with E-state index in [1.807, 2.05) is 24.3 Å². The van der Waals surface area contributed by atoms with E-state index in [9.17, 15) is 19.4 Å². The average molecular weight is 435 g/mol. The Morgan fingerprint density at radius 2 is 1.91 bits per heavy atom. The van der Waals surface area contributed by atoms with Crippen LogP contribution in [0, 0.1) is 5.82 Å². The van der Waals surface area contributed by atoms with Crippen molar-refractivity contribution in [3.05, 3.63) is 71.7 Å². The number of carbonyl (C=O) groups excluding carboxylic acids is 1. The summed E-state index contributed by atoms with van der Waals surface area (Å²) in [5, 5.41) is 21.3. The number of benzene rings is 2. The lowest BCUT2D eigenvalue weighted by molar-refractivity contribution is -0.154. The third-order valence-electron chi connectivity index (χ3n) is 5.56. The van der Waals surface area contributed by atoms with Gasteiger partial charge >= 0.3 is 5.97 Å². The topological polar surface area (TPSA) is 79.7 Å². The first-order chi connectivity index (χ1) is 15.5. The summed E-state index contributed by atoms with van der Waals surface area (Å²) in [5.41, 5.74) is 4.45. The number of hydrogen-bond acceptors (Lipinski definition) is 5. The summed E-state index contributed by atoms with van der Waals surface area (Å²) in [5.74, 6) is -0.728. The number of esters is 1. The maximum atomic E-state index is 13.6. The highest BCUT2D eigenvalue weighted by atomic mass is 19.1. The van der Waals surface area contributed by atoms with Crippen molar-refractivity contribution in [1.82, 2.24) is 4.98 Å². The molecule has 1 heterocycles. The van der Waals surface area contributed by atoms with Crippen molar-refractivity contribution >= 4 is 22.9 Å². The number of fused-ring (bicyclic) bond motifs is 1. The van der Waals surface area contributed by atoms with Crippen molar-refractivity contribution in [3.63, 3.8) is 0 Å². The number of para-hydroxylation sites is 1. The zero-order valence-electron chi connectivity index (χ0n) is 17.9. The quantitative estimate of drug-likeness (QED) is 0.505. The molecule has 0 bridgehead atoms. The van der Waals surface area contributed by atoms with Gasteiger partial charge < -0.3 is 14.9 Å². The van der Waals surface area contributed by atoms with Gasteiger partial charge in [0.1, 0.15) is 5.82 Å². The number of hydrogen-bond donors (Lipinski definition) is 2. The predicted molar refractivity (Wildman–Crippen MR) is 121 cm³/mol. The SMILES string of the molecule is CCOC(=O)[C@H](O)C[C@H](O)/C=C/c1c(C2CC2)nc2ccccc2c1-c1ccc(F)cc1. The standard InChI is InChI=1S/C26H26FNO4/c1-2-32-26(31)23(30)15-19(29)13-14-21-24(16-9-11-18(27)12-10-16)20-5-3-4-6-22(20)28-25(21)17-7-8-17/h3-6,9-14,17,19,23,29-30H,2,7-8,15H2,1H3/b14-13+/t19-,23-/m1/s1. The molecule has 1 fully saturated rings. The van der Waals surface area contributed by atoms with Crippen molar-refractivity contribution in [2.45, 2.75) is 44.3 Å². The first kappa shape index (κ1) is 22.1. The third-order valence-corrected chi connectivity index (χ3v) is 5.56. The van der Waals surface area contributed by atoms with Crippen LogP contribution in [0.25, 0.3) is 28.1 Å². The van der Waals surface area contributed by atoms with Crippen molar-refractivity contribution < 1.29 is 24.1 Å². The number of nitrogens with zero attached hydrogens (tertiary/aromatic N) is 1. The Morgan fingerprint density at radius 1 is 1.19 bits per heavy atom. The van der Waals surface area contributed by atoms with E-state index in [1.165, 1.54) is 12.1 Å². The fourth-order valence-corrected chi connectivity index (χ4v) is 3.86. The summed E-state index contributed by atoms with van der Waals surface area (Å²) in [6.45, 7) is 1.82. The molecule has 2 N–H and O–H groups in total. The molecular formula is C26H26FNO4. The summed E-state index contributed by atoms with van der Waals surface area (Å²) >= 11 is 0. The molecule has 1 aliphatic carbocycles. The second-order valence-corrected chi connectivity index (χ2v) is 8.01. The summed E-state index contributed by atoms with van der Waals surface area (Å²) in [6, 6.07) is 14.2. The molecule has 6 heteroatoms. The number of aliphatic hydroxyl groups excluding tert-OH is 2. The maximum Gasteiger partial charge on any atom is 0.335 e. The van der Waals surface area contributed by atoms with Crippen LogP contribution in [0.15, 0.2) is 54.6 Å². The van der Waals surface area contributed by atoms with E-state index >= 15 is 0 Å². The lowest BCUT2D eigenvalue weighted by Gasteiger charge is -2.16. The molecule has 0 saturated heterocycles. The van der Waals surface area contributed by atoms with Gasteiger partial charge in [0.05, 0.1) is 23.9 Å². The summed E-state index contributed by atoms with van der Waals surface area (Å²) in [4.78, 5) is 16.6. The van der Waals surface area contributed by atoms with Crippen LogP contribution in [0.5, 0.6) is 0 Å². The second-order valence-electron chi connectivity index (χ2n) is 8.01. The summed E-state index contributed by atoms with van der Waals surface area (Å²) in [6.07, 6.45) is 2.83. The highest BCUT2D eigenvalue weighted by molar-refractivity contribution is 5.99. The molecule has 0 spiro atoms. The molecule has 1 saturated carbocycles. The number of ether oxygens (including phenoxy) is 1. The van der Waals surface area contributed by atoms with Crippen LogP contribution in [0.2, 0.25) is 0 Å². The molecule has 2 atom stereocenters. The van der Waals surface area contributed by atoms with Crippen molar-refractivity contribution in [2.75, 3.05) is 6.61 Å². The fourth-order valence-electron chi connectivity index (χ4n) is 3.86. The Balaban J connectivity index is 1.76. The van der Waals surface area contributed by atoms with Gasteiger partial charge in [-0.1, -0.05) is 42.5 Å². The minimum Gasteiger partial charge on any atom is -0.464 e. The van der Waals surface area contributed by atoms with Gasteiger partial charge in [-0.3, -0.25) is 4.98 Å². The van der Waals surface area contributed by atoms with E-state index in [0.29, 0.717) is 5.92 Å². The van der Waals surface area contributed by atoms with Gasteiger partial charge in [-0.2, -0.15) is 0 Å². The highest BCUT2D eigenvalue weighted by Crippen LogP contribution is 2.45. The lowest BCUT2D eigenvalue weighted by Crippen LogP contribution is -2.27. The summed E-state index contributed by atoms with van der Waals surface area (Å²) < 4.78 is 18.4. The molecular weight excluding hydrogens is 409 g/mol. The van der Waals surface area contributed by atoms with E-state index < -0.39 is 18.2 Å². The minimum absolute atomic E-state index is 0.163. The zero-order chi connectivity index (χ0) is 22.7. The molecule has 166 valence electrons. The van der Waals surface area contributed by atoms with Crippen LogP contribution in [0.3, 0.4) is 0 Å². The number of aromatic nitrogens is 1. The largest absolute Gasteiger partial charge is 0.464 e. The van der Waals surface area contributed by atoms with Gasteiger partial charge in [0.25, 0.3) is 0 Å². The number of carbonyl (C=O) groups is 1. The normalized spacial score (nSPS) is 15.8. The maximum absolute atomic E-state index is 13.6. The molecule has 0 unspecified atom stereocenters. The molecule has 5 nitrogen and oxygen atoms in total. The molecule has 0 aliphatic heterocycles. The smallest absolute Gasteiger partial charge is 0.335 e. The van der Waals surface area contributed by atoms with Gasteiger partial charge in [-0.25, -0.2) is 9.18 Å². The van der Waals surface area contributed by atoms with E-state index in [4.69, 9.17) is 9.72 Å². The Morgan fingerprint density at radius 3 is 2.59 bits per heavy atom. The molecule has 4 rings (SSSR count). The van der Waals surface area contributed by atoms with Gasteiger partial charge in [-0.05, 0) is 43.5 Å². The molecule has 2 aromatic carbocycles. The van der Waals surface area contributed by atoms with Crippen molar-refractivity contribution in [3.8, 4) is 11.1 Å².